The van der Waals surface area contributed by atoms with Crippen LogP contribution in [0.15, 0.2) is 60.7 Å². The van der Waals surface area contributed by atoms with Crippen LogP contribution in [0.5, 0.6) is 0 Å². The maximum absolute atomic E-state index is 11.9. The van der Waals surface area contributed by atoms with E-state index >= 15 is 0 Å². The van der Waals surface area contributed by atoms with Crippen molar-refractivity contribution in [2.24, 2.45) is 0 Å². The zero-order valence-electron chi connectivity index (χ0n) is 16.4. The molecule has 0 radical (unpaired) electrons. The lowest BCUT2D eigenvalue weighted by molar-refractivity contribution is 0.0300. The van der Waals surface area contributed by atoms with Crippen LogP contribution in [0, 0.1) is 0 Å². The number of Topliss-reactive ketones (excluding diaryl/α,β-unsaturated/α-hetero) is 1. The van der Waals surface area contributed by atoms with Crippen LogP contribution in [0.2, 0.25) is 0 Å². The molecule has 4 heteroatoms. The van der Waals surface area contributed by atoms with Crippen LogP contribution in [0.4, 0.5) is 0 Å². The predicted molar refractivity (Wildman–Crippen MR) is 106 cm³/mol. The number of hydrogen-bond donors (Lipinski definition) is 2. The van der Waals surface area contributed by atoms with Crippen molar-refractivity contribution in [2.75, 3.05) is 6.61 Å². The first-order chi connectivity index (χ1) is 12.3. The van der Waals surface area contributed by atoms with E-state index in [1.807, 2.05) is 39.8 Å². The molecular weight excluding hydrogens is 328 g/mol. The van der Waals surface area contributed by atoms with Gasteiger partial charge in [-0.25, -0.2) is 0 Å². The normalized spacial score (nSPS) is 11.1. The van der Waals surface area contributed by atoms with Crippen LogP contribution in [0.25, 0.3) is 0 Å². The summed E-state index contributed by atoms with van der Waals surface area (Å²) in [5, 5.41) is 17.5. The molecule has 0 heterocycles. The van der Waals surface area contributed by atoms with Gasteiger partial charge >= 0.3 is 0 Å². The lowest BCUT2D eigenvalue weighted by atomic mass is 10.0. The Morgan fingerprint density at radius 2 is 1.27 bits per heavy atom. The van der Waals surface area contributed by atoms with E-state index in [-0.39, 0.29) is 12.4 Å². The summed E-state index contributed by atoms with van der Waals surface area (Å²) in [5.41, 5.74) is 1.15. The van der Waals surface area contributed by atoms with Gasteiger partial charge in [0, 0.05) is 12.2 Å². The number of aliphatic hydroxyl groups is 2. The molecule has 144 valence electrons. The molecule has 0 saturated carbocycles. The first-order valence-corrected chi connectivity index (χ1v) is 8.92. The summed E-state index contributed by atoms with van der Waals surface area (Å²) >= 11 is 0. The SMILES string of the molecule is CC(C)OC(C)C.CCO.O=C(c1ccccc1)C(O)c1ccccc1. The summed E-state index contributed by atoms with van der Waals surface area (Å²) in [4.78, 5) is 11.9. The zero-order chi connectivity index (χ0) is 19.9. The quantitative estimate of drug-likeness (QED) is 0.775. The molecule has 1 atom stereocenters. The Morgan fingerprint density at radius 3 is 1.62 bits per heavy atom. The van der Waals surface area contributed by atoms with Crippen molar-refractivity contribution in [3.8, 4) is 0 Å². The number of carbonyl (C=O) groups excluding carboxylic acids is 1. The second-order valence-electron chi connectivity index (χ2n) is 6.09. The lowest BCUT2D eigenvalue weighted by Gasteiger charge is -2.09. The van der Waals surface area contributed by atoms with Gasteiger partial charge in [0.25, 0.3) is 0 Å². The van der Waals surface area contributed by atoms with Gasteiger partial charge in [-0.15, -0.1) is 0 Å². The molecule has 0 spiro atoms. The largest absolute Gasteiger partial charge is 0.397 e. The van der Waals surface area contributed by atoms with E-state index in [1.54, 1.807) is 55.5 Å². The van der Waals surface area contributed by atoms with E-state index in [0.717, 1.165) is 0 Å². The third-order valence-electron chi connectivity index (χ3n) is 2.97. The average molecular weight is 360 g/mol. The highest BCUT2D eigenvalue weighted by atomic mass is 16.5. The first kappa shape index (κ1) is 24.0. The van der Waals surface area contributed by atoms with Crippen molar-refractivity contribution in [1.82, 2.24) is 0 Å². The fraction of sp³-hybridized carbons (Fsp3) is 0.409. The Bertz CT molecular complexity index is 574. The van der Waals surface area contributed by atoms with Gasteiger partial charge in [-0.05, 0) is 40.2 Å². The predicted octanol–water partition coefficient (Wildman–Crippen LogP) is 4.42. The smallest absolute Gasteiger partial charge is 0.195 e. The molecule has 4 nitrogen and oxygen atoms in total. The maximum atomic E-state index is 11.9. The zero-order valence-corrected chi connectivity index (χ0v) is 16.4. The topological polar surface area (TPSA) is 66.8 Å². The Balaban J connectivity index is 0.000000526. The number of ether oxygens (including phenoxy) is 1. The van der Waals surface area contributed by atoms with Gasteiger partial charge in [0.2, 0.25) is 0 Å². The lowest BCUT2D eigenvalue weighted by Crippen LogP contribution is -2.11. The maximum Gasteiger partial charge on any atom is 0.195 e. The molecule has 2 rings (SSSR count). The minimum atomic E-state index is -1.08. The molecule has 1 unspecified atom stereocenters. The Kier molecular flexibility index (Phi) is 13.1. The van der Waals surface area contributed by atoms with E-state index in [1.165, 1.54) is 0 Å². The number of carbonyl (C=O) groups is 1. The van der Waals surface area contributed by atoms with E-state index in [2.05, 4.69) is 0 Å². The molecule has 0 fully saturated rings. The van der Waals surface area contributed by atoms with Crippen molar-refractivity contribution in [3.05, 3.63) is 71.8 Å². The van der Waals surface area contributed by atoms with Crippen LogP contribution in [0.3, 0.4) is 0 Å². The highest BCUT2D eigenvalue weighted by molar-refractivity contribution is 5.99. The molecular formula is C22H32O4. The summed E-state index contributed by atoms with van der Waals surface area (Å²) in [6, 6.07) is 17.7. The molecule has 0 saturated heterocycles. The van der Waals surface area contributed by atoms with Gasteiger partial charge in [0.05, 0.1) is 12.2 Å². The van der Waals surface area contributed by atoms with Gasteiger partial charge in [-0.1, -0.05) is 60.7 Å². The van der Waals surface area contributed by atoms with Crippen LogP contribution >= 0.6 is 0 Å². The van der Waals surface area contributed by atoms with E-state index < -0.39 is 6.10 Å². The Hall–Kier alpha value is -2.01. The van der Waals surface area contributed by atoms with Crippen LogP contribution in [-0.2, 0) is 4.74 Å². The van der Waals surface area contributed by atoms with Crippen molar-refractivity contribution in [3.63, 3.8) is 0 Å². The monoisotopic (exact) mass is 360 g/mol. The molecule has 0 aliphatic carbocycles. The van der Waals surface area contributed by atoms with E-state index in [4.69, 9.17) is 9.84 Å². The number of rotatable bonds is 5. The second-order valence-corrected chi connectivity index (χ2v) is 6.09. The second kappa shape index (κ2) is 14.2. The van der Waals surface area contributed by atoms with Crippen molar-refractivity contribution in [1.29, 1.82) is 0 Å². The van der Waals surface area contributed by atoms with Crippen molar-refractivity contribution < 1.29 is 19.7 Å². The third kappa shape index (κ3) is 10.8. The molecule has 2 N–H and O–H groups in total. The molecule has 2 aromatic carbocycles. The fourth-order valence-corrected chi connectivity index (χ4v) is 2.09. The molecule has 26 heavy (non-hydrogen) atoms. The summed E-state index contributed by atoms with van der Waals surface area (Å²) in [6.07, 6.45) is -0.330. The summed E-state index contributed by atoms with van der Waals surface area (Å²) < 4.78 is 5.25. The Morgan fingerprint density at radius 1 is 0.885 bits per heavy atom. The fourth-order valence-electron chi connectivity index (χ4n) is 2.09. The van der Waals surface area contributed by atoms with Crippen molar-refractivity contribution in [2.45, 2.75) is 52.9 Å². The van der Waals surface area contributed by atoms with E-state index in [0.29, 0.717) is 23.3 Å². The molecule has 0 aliphatic rings. The number of ketones is 1. The van der Waals surface area contributed by atoms with Crippen LogP contribution < -0.4 is 0 Å². The Labute approximate surface area is 157 Å². The molecule has 0 aliphatic heterocycles. The van der Waals surface area contributed by atoms with Gasteiger partial charge in [0.15, 0.2) is 5.78 Å². The van der Waals surface area contributed by atoms with Gasteiger partial charge in [0.1, 0.15) is 6.10 Å². The number of aliphatic hydroxyl groups excluding tert-OH is 2. The van der Waals surface area contributed by atoms with Gasteiger partial charge in [-0.2, -0.15) is 0 Å². The highest BCUT2D eigenvalue weighted by Crippen LogP contribution is 2.17. The minimum Gasteiger partial charge on any atom is -0.397 e. The van der Waals surface area contributed by atoms with Gasteiger partial charge < -0.3 is 14.9 Å². The van der Waals surface area contributed by atoms with Crippen LogP contribution in [0.1, 0.15) is 56.6 Å². The molecule has 0 amide bonds. The van der Waals surface area contributed by atoms with Crippen LogP contribution in [-0.4, -0.2) is 34.8 Å². The summed E-state index contributed by atoms with van der Waals surface area (Å²) in [6.45, 7) is 10.1. The number of benzene rings is 2. The minimum absolute atomic E-state index is 0.250. The van der Waals surface area contributed by atoms with E-state index in [9.17, 15) is 9.90 Å². The highest BCUT2D eigenvalue weighted by Gasteiger charge is 2.18. The molecule has 0 bridgehead atoms. The van der Waals surface area contributed by atoms with Gasteiger partial charge in [-0.3, -0.25) is 4.79 Å². The third-order valence-corrected chi connectivity index (χ3v) is 2.97. The van der Waals surface area contributed by atoms with Crippen molar-refractivity contribution >= 4 is 5.78 Å². The molecule has 2 aromatic rings. The average Bonchev–Trinajstić information content (AvgIpc) is 2.62. The summed E-state index contributed by atoms with van der Waals surface area (Å²) in [7, 11) is 0. The first-order valence-electron chi connectivity index (χ1n) is 8.92. The standard InChI is InChI=1S/C14H12O2.C6H14O.C2H6O/c15-13(11-7-3-1-4-8-11)14(16)12-9-5-2-6-10-12;1-5(2)7-6(3)4;1-2-3/h1-10,13,15H;5-6H,1-4H3;3H,2H2,1H3. The summed E-state index contributed by atoms with van der Waals surface area (Å²) in [5.74, 6) is -0.271. The molecule has 0 aromatic heterocycles. The number of hydrogen-bond acceptors (Lipinski definition) is 4.